The molecule has 0 saturated carbocycles. The van der Waals surface area contributed by atoms with Crippen LogP contribution >= 0.6 is 0 Å². The summed E-state index contributed by atoms with van der Waals surface area (Å²) in [7, 11) is 6.29. The molecule has 0 aliphatic carbocycles. The molecule has 0 N–H and O–H groups in total. The van der Waals surface area contributed by atoms with E-state index in [1.165, 1.54) is 34.1 Å². The second-order valence-electron chi connectivity index (χ2n) is 6.88. The van der Waals surface area contributed by atoms with Crippen molar-refractivity contribution in [3.63, 3.8) is 0 Å². The molecule has 0 aromatic heterocycles. The molecule has 0 unspecified atom stereocenters. The molecule has 0 aliphatic rings. The highest BCUT2D eigenvalue weighted by Gasteiger charge is 2.13. The summed E-state index contributed by atoms with van der Waals surface area (Å²) in [6, 6.07) is 12.4. The quantitative estimate of drug-likeness (QED) is 0.592. The van der Waals surface area contributed by atoms with E-state index in [-0.39, 0.29) is 36.2 Å². The topological polar surface area (TPSA) is 102 Å². The Balaban J connectivity index is 1.90. The van der Waals surface area contributed by atoms with Gasteiger partial charge in [0.2, 0.25) is 0 Å². The summed E-state index contributed by atoms with van der Waals surface area (Å²) in [5, 5.41) is 0. The third-order valence-corrected chi connectivity index (χ3v) is 4.07. The summed E-state index contributed by atoms with van der Waals surface area (Å²) in [6.07, 6.45) is 0. The van der Waals surface area contributed by atoms with Gasteiger partial charge in [0.15, 0.2) is 13.2 Å². The average Bonchev–Trinajstić information content (AvgIpc) is 2.76. The predicted molar refractivity (Wildman–Crippen MR) is 111 cm³/mol. The van der Waals surface area contributed by atoms with E-state index in [0.717, 1.165) is 0 Å². The van der Waals surface area contributed by atoms with Crippen molar-refractivity contribution in [2.24, 2.45) is 0 Å². The molecule has 2 rings (SSSR count). The van der Waals surface area contributed by atoms with Crippen LogP contribution in [0.2, 0.25) is 0 Å². The fourth-order valence-corrected chi connectivity index (χ4v) is 2.13. The van der Waals surface area contributed by atoms with E-state index < -0.39 is 11.9 Å². The van der Waals surface area contributed by atoms with Gasteiger partial charge in [-0.3, -0.25) is 9.59 Å². The maximum absolute atomic E-state index is 12.0. The standard InChI is InChI=1S/C22H24N2O7/c1-23(2)19(25)13-29-21(27)15-5-9-17(10-6-15)31-18-11-7-16(8-12-18)22(28)30-14-20(26)24(3)4/h5-12H,13-14H2,1-4H3. The molecule has 0 aliphatic heterocycles. The number of carbonyl (C=O) groups excluding carboxylic acids is 4. The van der Waals surface area contributed by atoms with Gasteiger partial charge in [0.05, 0.1) is 11.1 Å². The number of ether oxygens (including phenoxy) is 3. The largest absolute Gasteiger partial charge is 0.457 e. The molecule has 9 heteroatoms. The van der Waals surface area contributed by atoms with Crippen LogP contribution in [0.1, 0.15) is 20.7 Å². The SMILES string of the molecule is CN(C)C(=O)COC(=O)c1ccc(Oc2ccc(C(=O)OCC(=O)N(C)C)cc2)cc1. The molecule has 0 spiro atoms. The van der Waals surface area contributed by atoms with Gasteiger partial charge in [-0.05, 0) is 48.5 Å². The molecule has 0 atom stereocenters. The first-order chi connectivity index (χ1) is 14.7. The van der Waals surface area contributed by atoms with E-state index in [2.05, 4.69) is 0 Å². The number of esters is 2. The first kappa shape index (κ1) is 23.4. The second-order valence-corrected chi connectivity index (χ2v) is 6.88. The Labute approximate surface area is 180 Å². The van der Waals surface area contributed by atoms with Gasteiger partial charge in [-0.25, -0.2) is 9.59 Å². The summed E-state index contributed by atoms with van der Waals surface area (Å²) in [4.78, 5) is 49.6. The zero-order chi connectivity index (χ0) is 23.0. The monoisotopic (exact) mass is 428 g/mol. The van der Waals surface area contributed by atoms with Gasteiger partial charge in [-0.1, -0.05) is 0 Å². The van der Waals surface area contributed by atoms with E-state index in [4.69, 9.17) is 14.2 Å². The normalized spacial score (nSPS) is 10.1. The van der Waals surface area contributed by atoms with Gasteiger partial charge in [0, 0.05) is 28.2 Å². The van der Waals surface area contributed by atoms with Crippen molar-refractivity contribution in [3.8, 4) is 11.5 Å². The molecule has 0 radical (unpaired) electrons. The van der Waals surface area contributed by atoms with Crippen LogP contribution in [0.25, 0.3) is 0 Å². The molecule has 31 heavy (non-hydrogen) atoms. The van der Waals surface area contributed by atoms with E-state index in [1.54, 1.807) is 52.5 Å². The van der Waals surface area contributed by atoms with E-state index in [0.29, 0.717) is 11.5 Å². The Bertz CT molecular complexity index is 858. The number of nitrogens with zero attached hydrogens (tertiary/aromatic N) is 2. The van der Waals surface area contributed by atoms with Crippen molar-refractivity contribution >= 4 is 23.8 Å². The first-order valence-corrected chi connectivity index (χ1v) is 9.30. The van der Waals surface area contributed by atoms with Crippen LogP contribution in [0.3, 0.4) is 0 Å². The Kier molecular flexibility index (Phi) is 8.13. The Morgan fingerprint density at radius 3 is 1.23 bits per heavy atom. The van der Waals surface area contributed by atoms with Crippen molar-refractivity contribution in [1.82, 2.24) is 9.80 Å². The highest BCUT2D eigenvalue weighted by Crippen LogP contribution is 2.22. The molecule has 2 aromatic rings. The molecule has 0 heterocycles. The molecule has 164 valence electrons. The number of hydrogen-bond donors (Lipinski definition) is 0. The van der Waals surface area contributed by atoms with Crippen LogP contribution < -0.4 is 4.74 Å². The van der Waals surface area contributed by atoms with Crippen molar-refractivity contribution in [2.45, 2.75) is 0 Å². The predicted octanol–water partition coefficient (Wildman–Crippen LogP) is 1.97. The minimum atomic E-state index is -0.614. The highest BCUT2D eigenvalue weighted by atomic mass is 16.5. The first-order valence-electron chi connectivity index (χ1n) is 9.30. The van der Waals surface area contributed by atoms with Gasteiger partial charge in [-0.15, -0.1) is 0 Å². The minimum Gasteiger partial charge on any atom is -0.457 e. The van der Waals surface area contributed by atoms with Gasteiger partial charge in [0.1, 0.15) is 11.5 Å². The Morgan fingerprint density at radius 2 is 0.935 bits per heavy atom. The van der Waals surface area contributed by atoms with E-state index in [1.807, 2.05) is 0 Å². The molecular formula is C22H24N2O7. The number of rotatable bonds is 8. The fraction of sp³-hybridized carbons (Fsp3) is 0.273. The van der Waals surface area contributed by atoms with Crippen LogP contribution in [0.4, 0.5) is 0 Å². The summed E-state index contributed by atoms with van der Waals surface area (Å²) in [5.74, 6) is -0.926. The summed E-state index contributed by atoms with van der Waals surface area (Å²) in [5.41, 5.74) is 0.563. The molecule has 2 amide bonds. The average molecular weight is 428 g/mol. The molecular weight excluding hydrogens is 404 g/mol. The molecule has 0 saturated heterocycles. The zero-order valence-electron chi connectivity index (χ0n) is 17.8. The third kappa shape index (κ3) is 7.14. The van der Waals surface area contributed by atoms with Crippen LogP contribution in [0.15, 0.2) is 48.5 Å². The second kappa shape index (κ2) is 10.8. The van der Waals surface area contributed by atoms with E-state index >= 15 is 0 Å². The van der Waals surface area contributed by atoms with Crippen molar-refractivity contribution in [2.75, 3.05) is 41.4 Å². The minimum absolute atomic E-state index is 0.282. The number of likely N-dealkylation sites (N-methyl/N-ethyl adjacent to an activating group) is 2. The lowest BCUT2D eigenvalue weighted by atomic mass is 10.2. The van der Waals surface area contributed by atoms with Gasteiger partial charge < -0.3 is 24.0 Å². The molecule has 9 nitrogen and oxygen atoms in total. The van der Waals surface area contributed by atoms with Gasteiger partial charge in [0.25, 0.3) is 11.8 Å². The molecule has 0 bridgehead atoms. The van der Waals surface area contributed by atoms with Crippen molar-refractivity contribution in [1.29, 1.82) is 0 Å². The lowest BCUT2D eigenvalue weighted by Gasteiger charge is -2.11. The molecule has 0 fully saturated rings. The zero-order valence-corrected chi connectivity index (χ0v) is 17.8. The van der Waals surface area contributed by atoms with Crippen LogP contribution in [0.5, 0.6) is 11.5 Å². The van der Waals surface area contributed by atoms with Crippen LogP contribution in [-0.2, 0) is 19.1 Å². The Hall–Kier alpha value is -3.88. The summed E-state index contributed by atoms with van der Waals surface area (Å²) >= 11 is 0. The smallest absolute Gasteiger partial charge is 0.338 e. The Morgan fingerprint density at radius 1 is 0.613 bits per heavy atom. The van der Waals surface area contributed by atoms with Crippen LogP contribution in [-0.4, -0.2) is 75.0 Å². The van der Waals surface area contributed by atoms with Crippen molar-refractivity contribution < 1.29 is 33.4 Å². The summed E-state index contributed by atoms with van der Waals surface area (Å²) in [6.45, 7) is -0.662. The maximum Gasteiger partial charge on any atom is 0.338 e. The lowest BCUT2D eigenvalue weighted by Crippen LogP contribution is -2.27. The van der Waals surface area contributed by atoms with Crippen molar-refractivity contribution in [3.05, 3.63) is 59.7 Å². The fourth-order valence-electron chi connectivity index (χ4n) is 2.13. The number of carbonyl (C=O) groups is 4. The number of hydrogen-bond acceptors (Lipinski definition) is 7. The van der Waals surface area contributed by atoms with E-state index in [9.17, 15) is 19.2 Å². The lowest BCUT2D eigenvalue weighted by molar-refractivity contribution is -0.132. The highest BCUT2D eigenvalue weighted by molar-refractivity contribution is 5.92. The number of benzene rings is 2. The van der Waals surface area contributed by atoms with Gasteiger partial charge >= 0.3 is 11.9 Å². The molecule has 2 aromatic carbocycles. The van der Waals surface area contributed by atoms with Crippen LogP contribution in [0, 0.1) is 0 Å². The third-order valence-electron chi connectivity index (χ3n) is 4.07. The van der Waals surface area contributed by atoms with Gasteiger partial charge in [-0.2, -0.15) is 0 Å². The summed E-state index contributed by atoms with van der Waals surface area (Å²) < 4.78 is 15.6. The number of amides is 2. The maximum atomic E-state index is 12.0.